The Morgan fingerprint density at radius 1 is 1.53 bits per heavy atom. The Labute approximate surface area is 102 Å². The van der Waals surface area contributed by atoms with Crippen LogP contribution in [0, 0.1) is 0 Å². The van der Waals surface area contributed by atoms with E-state index in [1.807, 2.05) is 0 Å². The quantitative estimate of drug-likeness (QED) is 0.870. The number of rotatable bonds is 3. The van der Waals surface area contributed by atoms with E-state index >= 15 is 0 Å². The zero-order chi connectivity index (χ0) is 11.6. The van der Waals surface area contributed by atoms with Crippen molar-refractivity contribution in [2.75, 3.05) is 0 Å². The molecule has 4 nitrogen and oxygen atoms in total. The largest absolute Gasteiger partial charge is 0.243 e. The number of sulfonamides is 1. The molecule has 0 radical (unpaired) electrons. The summed E-state index contributed by atoms with van der Waals surface area (Å²) in [6.07, 6.45) is 1.44. The first-order chi connectivity index (χ1) is 6.83. The van der Waals surface area contributed by atoms with Gasteiger partial charge < -0.3 is 0 Å². The highest BCUT2D eigenvalue weighted by Crippen LogP contribution is 2.22. The van der Waals surface area contributed by atoms with Crippen molar-refractivity contribution in [3.8, 4) is 0 Å². The van der Waals surface area contributed by atoms with Crippen molar-refractivity contribution in [2.24, 2.45) is 0 Å². The molecule has 1 heterocycles. The lowest BCUT2D eigenvalue weighted by Crippen LogP contribution is -2.30. The molecule has 0 atom stereocenters. The fourth-order valence-corrected chi connectivity index (χ4v) is 3.16. The molecule has 0 amide bonds. The highest BCUT2D eigenvalue weighted by Gasteiger charge is 2.19. The van der Waals surface area contributed by atoms with Gasteiger partial charge in [0, 0.05) is 16.7 Å². The lowest BCUT2D eigenvalue weighted by atomic mass is 10.4. The Morgan fingerprint density at radius 2 is 2.13 bits per heavy atom. The monoisotopic (exact) mass is 312 g/mol. The average Bonchev–Trinajstić information content (AvgIpc) is 2.06. The molecule has 0 aromatic carbocycles. The normalized spacial score (nSPS) is 12.1. The van der Waals surface area contributed by atoms with Crippen molar-refractivity contribution in [3.63, 3.8) is 0 Å². The van der Waals surface area contributed by atoms with Gasteiger partial charge in [0.2, 0.25) is 10.0 Å². The molecule has 0 saturated carbocycles. The van der Waals surface area contributed by atoms with Crippen molar-refractivity contribution < 1.29 is 8.42 Å². The zero-order valence-electron chi connectivity index (χ0n) is 8.16. The molecule has 84 valence electrons. The summed E-state index contributed by atoms with van der Waals surface area (Å²) >= 11 is 8.85. The molecular formula is C8H10BrClN2O2S. The van der Waals surface area contributed by atoms with Gasteiger partial charge in [0.05, 0.1) is 0 Å². The van der Waals surface area contributed by atoms with E-state index in [1.54, 1.807) is 13.8 Å². The molecule has 15 heavy (non-hydrogen) atoms. The SMILES string of the molecule is CC(C)NS(=O)(=O)c1cc(Br)cnc1Cl. The third-order valence-electron chi connectivity index (χ3n) is 1.45. The van der Waals surface area contributed by atoms with Gasteiger partial charge in [-0.25, -0.2) is 18.1 Å². The van der Waals surface area contributed by atoms with Crippen LogP contribution in [0.1, 0.15) is 13.8 Å². The van der Waals surface area contributed by atoms with Crippen LogP contribution in [-0.4, -0.2) is 19.4 Å². The molecule has 1 N–H and O–H groups in total. The van der Waals surface area contributed by atoms with Crippen LogP contribution in [0.2, 0.25) is 5.15 Å². The summed E-state index contributed by atoms with van der Waals surface area (Å²) in [6.45, 7) is 3.47. The maximum Gasteiger partial charge on any atom is 0.243 e. The minimum atomic E-state index is -3.59. The van der Waals surface area contributed by atoms with Crippen molar-refractivity contribution in [3.05, 3.63) is 21.9 Å². The first-order valence-electron chi connectivity index (χ1n) is 4.16. The molecular weight excluding hydrogens is 304 g/mol. The number of hydrogen-bond donors (Lipinski definition) is 1. The van der Waals surface area contributed by atoms with Crippen LogP contribution in [0.15, 0.2) is 21.6 Å². The number of pyridine rings is 1. The van der Waals surface area contributed by atoms with E-state index in [0.717, 1.165) is 0 Å². The molecule has 0 spiro atoms. The van der Waals surface area contributed by atoms with Gasteiger partial charge in [0.15, 0.2) is 0 Å². The Morgan fingerprint density at radius 3 is 2.67 bits per heavy atom. The molecule has 7 heteroatoms. The van der Waals surface area contributed by atoms with E-state index < -0.39 is 10.0 Å². The number of hydrogen-bond acceptors (Lipinski definition) is 3. The Kier molecular flexibility index (Phi) is 4.11. The topological polar surface area (TPSA) is 59.1 Å². The molecule has 1 rings (SSSR count). The van der Waals surface area contributed by atoms with E-state index in [4.69, 9.17) is 11.6 Å². The zero-order valence-corrected chi connectivity index (χ0v) is 11.3. The minimum absolute atomic E-state index is 0.0211. The van der Waals surface area contributed by atoms with Gasteiger partial charge in [-0.05, 0) is 35.8 Å². The van der Waals surface area contributed by atoms with Gasteiger partial charge in [-0.2, -0.15) is 0 Å². The number of aromatic nitrogens is 1. The minimum Gasteiger partial charge on any atom is -0.242 e. The summed E-state index contributed by atoms with van der Waals surface area (Å²) in [6, 6.07) is 1.23. The van der Waals surface area contributed by atoms with E-state index in [-0.39, 0.29) is 16.1 Å². The Balaban J connectivity index is 3.21. The Bertz CT molecular complexity index is 462. The first kappa shape index (κ1) is 12.9. The van der Waals surface area contributed by atoms with Gasteiger partial charge in [-0.15, -0.1) is 0 Å². The second-order valence-corrected chi connectivity index (χ2v) is 6.17. The highest BCUT2D eigenvalue weighted by molar-refractivity contribution is 9.10. The molecule has 1 aromatic heterocycles. The van der Waals surface area contributed by atoms with Crippen LogP contribution in [-0.2, 0) is 10.0 Å². The van der Waals surface area contributed by atoms with Gasteiger partial charge in [-0.3, -0.25) is 0 Å². The number of halogens is 2. The molecule has 0 unspecified atom stereocenters. The van der Waals surface area contributed by atoms with E-state index in [0.29, 0.717) is 4.47 Å². The molecule has 0 saturated heterocycles. The number of nitrogens with one attached hydrogen (secondary N) is 1. The lowest BCUT2D eigenvalue weighted by molar-refractivity contribution is 0.569. The summed E-state index contributed by atoms with van der Waals surface area (Å²) in [5, 5.41) is -0.0358. The number of nitrogens with zero attached hydrogens (tertiary/aromatic N) is 1. The smallest absolute Gasteiger partial charge is 0.242 e. The van der Waals surface area contributed by atoms with Crippen LogP contribution in [0.3, 0.4) is 0 Å². The van der Waals surface area contributed by atoms with Crippen LogP contribution in [0.4, 0.5) is 0 Å². The molecule has 0 bridgehead atoms. The van der Waals surface area contributed by atoms with Gasteiger partial charge >= 0.3 is 0 Å². The van der Waals surface area contributed by atoms with Crippen LogP contribution >= 0.6 is 27.5 Å². The molecule has 0 aliphatic heterocycles. The molecule has 0 aliphatic rings. The van der Waals surface area contributed by atoms with Crippen molar-refractivity contribution in [1.29, 1.82) is 0 Å². The van der Waals surface area contributed by atoms with Gasteiger partial charge in [0.1, 0.15) is 10.0 Å². The second kappa shape index (κ2) is 4.78. The van der Waals surface area contributed by atoms with Gasteiger partial charge in [-0.1, -0.05) is 11.6 Å². The van der Waals surface area contributed by atoms with Crippen LogP contribution in [0.5, 0.6) is 0 Å². The van der Waals surface area contributed by atoms with Gasteiger partial charge in [0.25, 0.3) is 0 Å². The fourth-order valence-electron chi connectivity index (χ4n) is 0.966. The van der Waals surface area contributed by atoms with Crippen LogP contribution < -0.4 is 4.72 Å². The molecule has 1 aromatic rings. The van der Waals surface area contributed by atoms with E-state index in [1.165, 1.54) is 12.3 Å². The second-order valence-electron chi connectivity index (χ2n) is 3.22. The maximum atomic E-state index is 11.8. The first-order valence-corrected chi connectivity index (χ1v) is 6.81. The molecule has 0 fully saturated rings. The van der Waals surface area contributed by atoms with E-state index in [9.17, 15) is 8.42 Å². The van der Waals surface area contributed by atoms with Crippen molar-refractivity contribution in [2.45, 2.75) is 24.8 Å². The molecule has 0 aliphatic carbocycles. The summed E-state index contributed by atoms with van der Waals surface area (Å²) < 4.78 is 26.5. The highest BCUT2D eigenvalue weighted by atomic mass is 79.9. The summed E-state index contributed by atoms with van der Waals surface area (Å²) in [4.78, 5) is 3.73. The van der Waals surface area contributed by atoms with E-state index in [2.05, 4.69) is 25.6 Å². The predicted octanol–water partition coefficient (Wildman–Crippen LogP) is 2.18. The van der Waals surface area contributed by atoms with Crippen molar-refractivity contribution in [1.82, 2.24) is 9.71 Å². The lowest BCUT2D eigenvalue weighted by Gasteiger charge is -2.10. The third kappa shape index (κ3) is 3.41. The van der Waals surface area contributed by atoms with Crippen molar-refractivity contribution >= 4 is 37.6 Å². The predicted molar refractivity (Wildman–Crippen MR) is 62.4 cm³/mol. The summed E-state index contributed by atoms with van der Waals surface area (Å²) in [5.41, 5.74) is 0. The van der Waals surface area contributed by atoms with Crippen LogP contribution in [0.25, 0.3) is 0 Å². The standard InChI is InChI=1S/C8H10BrClN2O2S/c1-5(2)12-15(13,14)7-3-6(9)4-11-8(7)10/h3-5,12H,1-2H3. The summed E-state index contributed by atoms with van der Waals surface area (Å²) in [7, 11) is -3.59. The Hall–Kier alpha value is -0.170. The summed E-state index contributed by atoms with van der Waals surface area (Å²) in [5.74, 6) is 0. The average molecular weight is 314 g/mol. The maximum absolute atomic E-state index is 11.8. The third-order valence-corrected chi connectivity index (χ3v) is 3.97. The fraction of sp³-hybridized carbons (Fsp3) is 0.375.